The quantitative estimate of drug-likeness (QED) is 0.121. The number of hydrogen-bond acceptors (Lipinski definition) is 8. The fourth-order valence-electron chi connectivity index (χ4n) is 4.45. The molecule has 14 heteroatoms. The molecule has 1 unspecified atom stereocenters. The van der Waals surface area contributed by atoms with Gasteiger partial charge in [0.05, 0.1) is 11.3 Å². The molecule has 0 bridgehead atoms. The number of halogens is 1. The number of ether oxygens (including phenoxy) is 1. The first-order valence-electron chi connectivity index (χ1n) is 14.5. The van der Waals surface area contributed by atoms with E-state index in [1.807, 2.05) is 31.2 Å². The van der Waals surface area contributed by atoms with Crippen molar-refractivity contribution >= 4 is 29.6 Å². The fourth-order valence-corrected chi connectivity index (χ4v) is 4.45. The van der Waals surface area contributed by atoms with Gasteiger partial charge in [0.15, 0.2) is 5.82 Å². The predicted molar refractivity (Wildman–Crippen MR) is 171 cm³/mol. The van der Waals surface area contributed by atoms with E-state index in [9.17, 15) is 19.5 Å². The van der Waals surface area contributed by atoms with E-state index in [1.54, 1.807) is 51.1 Å². The Balaban J connectivity index is 1.20. The number of aliphatic carboxylic acids is 1. The number of aromatic amines is 1. The summed E-state index contributed by atoms with van der Waals surface area (Å²) in [6.45, 7) is 7.25. The van der Waals surface area contributed by atoms with Gasteiger partial charge in [-0.2, -0.15) is 10.1 Å². The number of benzene rings is 3. The van der Waals surface area contributed by atoms with Crippen molar-refractivity contribution < 1.29 is 33.1 Å². The van der Waals surface area contributed by atoms with Gasteiger partial charge in [-0.3, -0.25) is 15.7 Å². The van der Waals surface area contributed by atoms with Crippen LogP contribution in [0.15, 0.2) is 77.3 Å². The van der Waals surface area contributed by atoms with Crippen LogP contribution in [0.3, 0.4) is 0 Å². The smallest absolute Gasteiger partial charge is 0.412 e. The second kappa shape index (κ2) is 13.5. The molecule has 0 aliphatic carbocycles. The van der Waals surface area contributed by atoms with Crippen molar-refractivity contribution in [2.24, 2.45) is 0 Å². The minimum absolute atomic E-state index is 0.0173. The molecule has 2 aromatic heterocycles. The van der Waals surface area contributed by atoms with E-state index < -0.39 is 35.6 Å². The molecule has 1 atom stereocenters. The number of carbonyl (C=O) groups is 3. The van der Waals surface area contributed by atoms with Crippen molar-refractivity contribution in [3.05, 3.63) is 89.7 Å². The van der Waals surface area contributed by atoms with Gasteiger partial charge in [0.2, 0.25) is 5.82 Å². The lowest BCUT2D eigenvalue weighted by Gasteiger charge is -2.19. The van der Waals surface area contributed by atoms with Crippen LogP contribution < -0.4 is 16.0 Å². The highest BCUT2D eigenvalue weighted by Gasteiger charge is 2.23. The summed E-state index contributed by atoms with van der Waals surface area (Å²) < 4.78 is 25.7. The van der Waals surface area contributed by atoms with Crippen LogP contribution in [0.1, 0.15) is 31.9 Å². The second-order valence-electron chi connectivity index (χ2n) is 11.7. The molecule has 5 aromatic rings. The van der Waals surface area contributed by atoms with E-state index in [-0.39, 0.29) is 29.5 Å². The molecule has 47 heavy (non-hydrogen) atoms. The Labute approximate surface area is 268 Å². The standard InChI is InChI=1S/C33H32FN7O6/c1-18-5-8-20(9-6-18)25-17-27(40-39-25)37-31(44)36-26(30(42)43)16-19-7-14-23(24(34)15-19)28-38-29(47-41-28)21-10-12-22(13-11-21)35-32(45)46-33(2,3)4/h5-15,17,26H,16H2,1-4H3,(H,35,45)(H,42,43)(H3,36,37,39,40,44). The van der Waals surface area contributed by atoms with Gasteiger partial charge in [-0.1, -0.05) is 41.1 Å². The van der Waals surface area contributed by atoms with Crippen molar-refractivity contribution in [3.63, 3.8) is 0 Å². The van der Waals surface area contributed by atoms with Crippen molar-refractivity contribution in [3.8, 4) is 34.1 Å². The van der Waals surface area contributed by atoms with Crippen LogP contribution in [0.25, 0.3) is 34.1 Å². The Kier molecular flexibility index (Phi) is 9.31. The van der Waals surface area contributed by atoms with Gasteiger partial charge in [-0.15, -0.1) is 0 Å². The molecule has 13 nitrogen and oxygen atoms in total. The van der Waals surface area contributed by atoms with Gasteiger partial charge in [0.25, 0.3) is 5.89 Å². The number of urea groups is 1. The molecule has 0 spiro atoms. The van der Waals surface area contributed by atoms with Crippen LogP contribution in [0.4, 0.5) is 25.5 Å². The lowest BCUT2D eigenvalue weighted by molar-refractivity contribution is -0.139. The number of H-pyrrole nitrogens is 1. The Morgan fingerprint density at radius 1 is 0.979 bits per heavy atom. The number of aryl methyl sites for hydroxylation is 1. The van der Waals surface area contributed by atoms with Gasteiger partial charge in [-0.05, 0) is 75.2 Å². The van der Waals surface area contributed by atoms with Crippen LogP contribution in [-0.2, 0) is 16.0 Å². The van der Waals surface area contributed by atoms with E-state index in [2.05, 4.69) is 36.3 Å². The number of anilines is 2. The second-order valence-corrected chi connectivity index (χ2v) is 11.7. The SMILES string of the molecule is Cc1ccc(-c2cc(NC(=O)NC(Cc3ccc(-c4noc(-c5ccc(NC(=O)OC(C)(C)C)cc5)n4)c(F)c3)C(=O)O)n[nH]2)cc1. The summed E-state index contributed by atoms with van der Waals surface area (Å²) in [7, 11) is 0. The molecule has 242 valence electrons. The topological polar surface area (TPSA) is 184 Å². The third-order valence-corrected chi connectivity index (χ3v) is 6.70. The summed E-state index contributed by atoms with van der Waals surface area (Å²) in [6.07, 6.45) is -0.796. The number of carboxylic acid groups (broad SMARTS) is 1. The van der Waals surface area contributed by atoms with E-state index in [1.165, 1.54) is 12.1 Å². The molecule has 3 amide bonds. The summed E-state index contributed by atoms with van der Waals surface area (Å²) in [4.78, 5) is 40.8. The lowest BCUT2D eigenvalue weighted by Crippen LogP contribution is -2.44. The molecule has 2 heterocycles. The number of nitrogens with one attached hydrogen (secondary N) is 4. The zero-order valence-corrected chi connectivity index (χ0v) is 25.9. The monoisotopic (exact) mass is 641 g/mol. The molecule has 5 N–H and O–H groups in total. The molecular formula is C33H32FN7O6. The van der Waals surface area contributed by atoms with Crippen LogP contribution in [-0.4, -0.2) is 55.2 Å². The summed E-state index contributed by atoms with van der Waals surface area (Å²) in [5.74, 6) is -1.71. The van der Waals surface area contributed by atoms with Crippen LogP contribution in [0.5, 0.6) is 0 Å². The van der Waals surface area contributed by atoms with Crippen LogP contribution in [0, 0.1) is 12.7 Å². The average Bonchev–Trinajstić information content (AvgIpc) is 3.67. The Morgan fingerprint density at radius 2 is 1.68 bits per heavy atom. The highest BCUT2D eigenvalue weighted by Crippen LogP contribution is 2.26. The van der Waals surface area contributed by atoms with E-state index in [0.29, 0.717) is 22.5 Å². The van der Waals surface area contributed by atoms with Gasteiger partial charge in [0, 0.05) is 23.7 Å². The van der Waals surface area contributed by atoms with E-state index in [4.69, 9.17) is 9.26 Å². The summed E-state index contributed by atoms with van der Waals surface area (Å²) in [5, 5.41) is 28.0. The molecule has 5 rings (SSSR count). The van der Waals surface area contributed by atoms with Gasteiger partial charge in [0.1, 0.15) is 17.5 Å². The molecule has 0 aliphatic rings. The zero-order valence-electron chi connectivity index (χ0n) is 25.9. The van der Waals surface area contributed by atoms with Gasteiger partial charge < -0.3 is 19.7 Å². The number of carboxylic acids is 1. The lowest BCUT2D eigenvalue weighted by atomic mass is 10.0. The van der Waals surface area contributed by atoms with E-state index in [0.717, 1.165) is 17.2 Å². The minimum Gasteiger partial charge on any atom is -0.480 e. The zero-order chi connectivity index (χ0) is 33.7. The van der Waals surface area contributed by atoms with Crippen LogP contribution in [0.2, 0.25) is 0 Å². The maximum Gasteiger partial charge on any atom is 0.412 e. The number of aromatic nitrogens is 4. The van der Waals surface area contributed by atoms with Crippen molar-refractivity contribution in [2.75, 3.05) is 10.6 Å². The molecule has 0 fully saturated rings. The largest absolute Gasteiger partial charge is 0.480 e. The number of hydrogen-bond donors (Lipinski definition) is 5. The highest BCUT2D eigenvalue weighted by atomic mass is 19.1. The summed E-state index contributed by atoms with van der Waals surface area (Å²) >= 11 is 0. The average molecular weight is 642 g/mol. The fraction of sp³-hybridized carbons (Fsp3) is 0.212. The van der Waals surface area contributed by atoms with Gasteiger partial charge in [-0.25, -0.2) is 18.8 Å². The Bertz CT molecular complexity index is 1900. The number of nitrogens with zero attached hydrogens (tertiary/aromatic N) is 3. The first-order chi connectivity index (χ1) is 22.3. The third kappa shape index (κ3) is 8.57. The van der Waals surface area contributed by atoms with Crippen molar-refractivity contribution in [1.29, 1.82) is 0 Å². The highest BCUT2D eigenvalue weighted by molar-refractivity contribution is 5.92. The third-order valence-electron chi connectivity index (χ3n) is 6.70. The maximum atomic E-state index is 15.2. The summed E-state index contributed by atoms with van der Waals surface area (Å²) in [6, 6.07) is 17.8. The van der Waals surface area contributed by atoms with E-state index >= 15 is 4.39 Å². The number of rotatable bonds is 9. The molecule has 3 aromatic carbocycles. The first-order valence-corrected chi connectivity index (χ1v) is 14.5. The van der Waals surface area contributed by atoms with Crippen LogP contribution >= 0.6 is 0 Å². The summed E-state index contributed by atoms with van der Waals surface area (Å²) in [5.41, 5.74) is 3.37. The van der Waals surface area contributed by atoms with Gasteiger partial charge >= 0.3 is 18.1 Å². The van der Waals surface area contributed by atoms with Crippen molar-refractivity contribution in [2.45, 2.75) is 45.8 Å². The number of amides is 3. The van der Waals surface area contributed by atoms with Crippen molar-refractivity contribution in [1.82, 2.24) is 25.7 Å². The molecule has 0 saturated heterocycles. The normalized spacial score (nSPS) is 11.9. The maximum absolute atomic E-state index is 15.2. The Morgan fingerprint density at radius 3 is 2.34 bits per heavy atom. The first kappa shape index (κ1) is 32.3. The Hall–Kier alpha value is -6.05. The molecule has 0 aliphatic heterocycles. The number of carbonyl (C=O) groups excluding carboxylic acids is 2. The molecule has 0 radical (unpaired) electrons. The predicted octanol–water partition coefficient (Wildman–Crippen LogP) is 6.41. The molecule has 0 saturated carbocycles. The molecular weight excluding hydrogens is 609 g/mol. The minimum atomic E-state index is -1.36.